The molecule has 0 bridgehead atoms. The minimum atomic E-state index is -1.40. The van der Waals surface area contributed by atoms with Crippen LogP contribution >= 0.6 is 0 Å². The Kier molecular flexibility index (Phi) is 4.30. The third-order valence-electron chi connectivity index (χ3n) is 4.43. The zero-order chi connectivity index (χ0) is 18.3. The Morgan fingerprint density at radius 1 is 1.36 bits per heavy atom. The van der Waals surface area contributed by atoms with E-state index in [1.54, 1.807) is 16.7 Å². The van der Waals surface area contributed by atoms with Crippen LogP contribution in [0.3, 0.4) is 0 Å². The highest BCUT2D eigenvalue weighted by molar-refractivity contribution is 5.79. The molecule has 2 aliphatic heterocycles. The fourth-order valence-electron chi connectivity index (χ4n) is 3.07. The molecule has 1 atom stereocenters. The van der Waals surface area contributed by atoms with Crippen molar-refractivity contribution in [3.63, 3.8) is 0 Å². The number of cyclic esters (lactones) is 1. The number of aromatic nitrogens is 2. The Balaban J connectivity index is 0.000000569. The molecule has 0 unspecified atom stereocenters. The Labute approximate surface area is 145 Å². The van der Waals surface area contributed by atoms with Gasteiger partial charge in [-0.25, -0.2) is 4.79 Å². The highest BCUT2D eigenvalue weighted by Crippen LogP contribution is 2.34. The molecular formula is C19H20N2O4. The normalized spacial score (nSPS) is 16.8. The lowest BCUT2D eigenvalue weighted by molar-refractivity contribution is -0.157. The minimum absolute atomic E-state index is 0.0911. The zero-order valence-electron chi connectivity index (χ0n) is 14.5. The second-order valence-electron chi connectivity index (χ2n) is 6.17. The van der Waals surface area contributed by atoms with Gasteiger partial charge in [0.2, 0.25) is 0 Å². The van der Waals surface area contributed by atoms with Crippen LogP contribution < -0.4 is 5.56 Å². The molecule has 130 valence electrons. The summed E-state index contributed by atoms with van der Waals surface area (Å²) in [5, 5.41) is 9.99. The number of hydrogen-bond donors (Lipinski definition) is 1. The van der Waals surface area contributed by atoms with E-state index in [2.05, 4.69) is 11.6 Å². The Morgan fingerprint density at radius 2 is 2.04 bits per heavy atom. The average Bonchev–Trinajstić information content (AvgIpc) is 2.91. The first-order valence-corrected chi connectivity index (χ1v) is 8.04. The molecule has 0 fully saturated rings. The van der Waals surface area contributed by atoms with Gasteiger partial charge in [-0.1, -0.05) is 12.1 Å². The average molecular weight is 340 g/mol. The largest absolute Gasteiger partial charge is 0.458 e. The third-order valence-corrected chi connectivity index (χ3v) is 4.43. The van der Waals surface area contributed by atoms with Gasteiger partial charge in [0.15, 0.2) is 6.10 Å². The van der Waals surface area contributed by atoms with Crippen molar-refractivity contribution in [1.82, 2.24) is 9.55 Å². The van der Waals surface area contributed by atoms with Crippen LogP contribution in [0.1, 0.15) is 41.0 Å². The molecule has 0 saturated carbocycles. The summed E-state index contributed by atoms with van der Waals surface area (Å²) in [6, 6.07) is 3.72. The number of pyridine rings is 2. The number of aliphatic hydroxyl groups excluding tert-OH is 1. The van der Waals surface area contributed by atoms with E-state index in [1.165, 1.54) is 0 Å². The number of carbonyl (C=O) groups excluding carboxylic acids is 1. The molecule has 4 heterocycles. The number of rotatable bonds is 0. The smallest absolute Gasteiger partial charge is 0.340 e. The van der Waals surface area contributed by atoms with Crippen molar-refractivity contribution in [3.05, 3.63) is 63.1 Å². The van der Waals surface area contributed by atoms with Crippen molar-refractivity contribution in [3.8, 4) is 11.4 Å². The van der Waals surface area contributed by atoms with Gasteiger partial charge in [-0.2, -0.15) is 0 Å². The predicted molar refractivity (Wildman–Crippen MR) is 93.1 cm³/mol. The quantitative estimate of drug-likeness (QED) is 0.501. The number of hydrogen-bond acceptors (Lipinski definition) is 5. The maximum atomic E-state index is 12.6. The van der Waals surface area contributed by atoms with Gasteiger partial charge in [-0.05, 0) is 32.4 Å². The van der Waals surface area contributed by atoms with Crippen molar-refractivity contribution < 1.29 is 14.6 Å². The summed E-state index contributed by atoms with van der Waals surface area (Å²) in [6.07, 6.45) is 0.345. The number of ether oxygens (including phenoxy) is 1. The van der Waals surface area contributed by atoms with E-state index in [4.69, 9.17) is 4.74 Å². The second-order valence-corrected chi connectivity index (χ2v) is 6.17. The van der Waals surface area contributed by atoms with Gasteiger partial charge < -0.3 is 14.4 Å². The van der Waals surface area contributed by atoms with Crippen molar-refractivity contribution in [2.45, 2.75) is 40.0 Å². The van der Waals surface area contributed by atoms with Crippen molar-refractivity contribution in [2.75, 3.05) is 0 Å². The van der Waals surface area contributed by atoms with E-state index in [0.717, 1.165) is 22.5 Å². The van der Waals surface area contributed by atoms with E-state index in [1.807, 2.05) is 26.8 Å². The molecule has 0 saturated heterocycles. The molecule has 4 rings (SSSR count). The highest BCUT2D eigenvalue weighted by atomic mass is 16.5. The molecule has 0 amide bonds. The fraction of sp³-hybridized carbons (Fsp3) is 0.316. The van der Waals surface area contributed by atoms with E-state index in [0.29, 0.717) is 23.4 Å². The summed E-state index contributed by atoms with van der Waals surface area (Å²) in [7, 11) is 0. The Hall–Kier alpha value is -2.73. The van der Waals surface area contributed by atoms with Gasteiger partial charge >= 0.3 is 5.97 Å². The summed E-state index contributed by atoms with van der Waals surface area (Å²) in [6.45, 7) is 9.51. The number of aliphatic hydroxyl groups is 1. The lowest BCUT2D eigenvalue weighted by Gasteiger charge is -2.21. The fourth-order valence-corrected chi connectivity index (χ4v) is 3.07. The molecule has 6 heteroatoms. The maximum absolute atomic E-state index is 12.6. The van der Waals surface area contributed by atoms with Gasteiger partial charge in [-0.3, -0.25) is 9.78 Å². The van der Waals surface area contributed by atoms with E-state index >= 15 is 0 Å². The number of aryl methyl sites for hydroxylation is 2. The number of allylic oxidation sites excluding steroid dienone is 1. The molecule has 2 aromatic rings. The van der Waals surface area contributed by atoms with Gasteiger partial charge in [0.1, 0.15) is 6.61 Å². The second kappa shape index (κ2) is 6.29. The Morgan fingerprint density at radius 3 is 2.72 bits per heavy atom. The first-order chi connectivity index (χ1) is 11.9. The summed E-state index contributed by atoms with van der Waals surface area (Å²) in [5.74, 6) is -0.719. The predicted octanol–water partition coefficient (Wildman–Crippen LogP) is 2.17. The topological polar surface area (TPSA) is 81.4 Å². The number of esters is 1. The number of carbonyl (C=O) groups is 1. The van der Waals surface area contributed by atoms with Crippen molar-refractivity contribution in [2.24, 2.45) is 0 Å². The summed E-state index contributed by atoms with van der Waals surface area (Å²) in [4.78, 5) is 28.7. The minimum Gasteiger partial charge on any atom is -0.458 e. The molecule has 6 nitrogen and oxygen atoms in total. The summed E-state index contributed by atoms with van der Waals surface area (Å²) in [5.41, 5.74) is 4.79. The standard InChI is InChI=1S/C16H14N2O4.C3H6/c1-7-3-9-5-18-12(13(9)17-8(7)2)4-10-11(15(18)20)6-22-16(21)14(10)19;1-3-2/h3-4,14,19H,5-6H2,1-2H3;3H,1H2,2H3/t14-;/m0./s1. The van der Waals surface area contributed by atoms with Crippen LogP contribution in [0.2, 0.25) is 0 Å². The Bertz CT molecular complexity index is 943. The molecule has 0 spiro atoms. The van der Waals surface area contributed by atoms with Gasteiger partial charge in [-0.15, -0.1) is 6.58 Å². The molecule has 1 N–H and O–H groups in total. The number of fused-ring (bicyclic) bond motifs is 4. The van der Waals surface area contributed by atoms with E-state index in [-0.39, 0.29) is 12.2 Å². The zero-order valence-corrected chi connectivity index (χ0v) is 14.5. The maximum Gasteiger partial charge on any atom is 0.340 e. The molecule has 0 aliphatic carbocycles. The van der Waals surface area contributed by atoms with Crippen LogP contribution in [0.25, 0.3) is 11.4 Å². The van der Waals surface area contributed by atoms with Gasteiger partial charge in [0.05, 0.1) is 23.5 Å². The molecule has 0 radical (unpaired) electrons. The van der Waals surface area contributed by atoms with Crippen LogP contribution in [0.15, 0.2) is 29.6 Å². The van der Waals surface area contributed by atoms with Gasteiger partial charge in [0, 0.05) is 16.8 Å². The third kappa shape index (κ3) is 2.68. The van der Waals surface area contributed by atoms with Crippen LogP contribution in [0.4, 0.5) is 0 Å². The van der Waals surface area contributed by atoms with Crippen molar-refractivity contribution in [1.29, 1.82) is 0 Å². The van der Waals surface area contributed by atoms with Crippen LogP contribution in [-0.2, 0) is 22.7 Å². The molecule has 0 aromatic carbocycles. The lowest BCUT2D eigenvalue weighted by atomic mass is 10.0. The van der Waals surface area contributed by atoms with Crippen molar-refractivity contribution >= 4 is 5.97 Å². The first-order valence-electron chi connectivity index (χ1n) is 8.04. The first kappa shape index (κ1) is 17.1. The molecular weight excluding hydrogens is 320 g/mol. The molecule has 2 aromatic heterocycles. The van der Waals surface area contributed by atoms with Crippen LogP contribution in [0.5, 0.6) is 0 Å². The highest BCUT2D eigenvalue weighted by Gasteiger charge is 2.33. The summed E-state index contributed by atoms with van der Waals surface area (Å²) >= 11 is 0. The monoisotopic (exact) mass is 340 g/mol. The van der Waals surface area contributed by atoms with E-state index < -0.39 is 12.1 Å². The van der Waals surface area contributed by atoms with E-state index in [9.17, 15) is 14.7 Å². The van der Waals surface area contributed by atoms with Crippen LogP contribution in [-0.4, -0.2) is 20.6 Å². The number of nitrogens with zero attached hydrogens (tertiary/aromatic N) is 2. The molecule has 25 heavy (non-hydrogen) atoms. The summed E-state index contributed by atoms with van der Waals surface area (Å²) < 4.78 is 6.48. The van der Waals surface area contributed by atoms with Crippen LogP contribution in [0, 0.1) is 13.8 Å². The lowest BCUT2D eigenvalue weighted by Crippen LogP contribution is -2.32. The molecule has 2 aliphatic rings. The van der Waals surface area contributed by atoms with Gasteiger partial charge in [0.25, 0.3) is 5.56 Å². The SMILES string of the molecule is C=CC.Cc1cc2c(nc1C)-c1cc3c(c(=O)n1C2)COC(=O)[C@H]3O.